The summed E-state index contributed by atoms with van der Waals surface area (Å²) in [5.74, 6) is 1.30. The Kier molecular flexibility index (Phi) is 11.7. The van der Waals surface area contributed by atoms with Crippen molar-refractivity contribution in [2.24, 2.45) is 10.9 Å². The first-order valence-corrected chi connectivity index (χ1v) is 12.2. The third-order valence-corrected chi connectivity index (χ3v) is 7.70. The normalized spacial score (nSPS) is 12.8. The molecule has 0 aliphatic rings. The van der Waals surface area contributed by atoms with Crippen LogP contribution in [-0.2, 0) is 21.2 Å². The Morgan fingerprint density at radius 1 is 1.21 bits per heavy atom. The van der Waals surface area contributed by atoms with Crippen LogP contribution < -0.4 is 10.6 Å². The highest BCUT2D eigenvalue weighted by Crippen LogP contribution is 2.25. The molecular weight excluding hydrogens is 396 g/mol. The molecule has 0 aliphatic heterocycles. The molecule has 1 heterocycles. The first-order valence-electron chi connectivity index (χ1n) is 9.96. The van der Waals surface area contributed by atoms with Crippen LogP contribution in [0, 0.1) is 5.92 Å². The number of sulfonamides is 1. The van der Waals surface area contributed by atoms with Crippen molar-refractivity contribution in [2.75, 3.05) is 46.4 Å². The number of rotatable bonds is 13. The van der Waals surface area contributed by atoms with Gasteiger partial charge in [0.15, 0.2) is 5.96 Å². The molecule has 0 saturated carbocycles. The molecular formula is C19H36N4O3S2. The van der Waals surface area contributed by atoms with Crippen molar-refractivity contribution in [1.29, 1.82) is 0 Å². The van der Waals surface area contributed by atoms with Gasteiger partial charge in [-0.3, -0.25) is 4.99 Å². The van der Waals surface area contributed by atoms with E-state index in [4.69, 9.17) is 4.74 Å². The van der Waals surface area contributed by atoms with Gasteiger partial charge in [-0.25, -0.2) is 8.42 Å². The van der Waals surface area contributed by atoms with E-state index in [1.807, 2.05) is 19.9 Å². The average molecular weight is 433 g/mol. The van der Waals surface area contributed by atoms with E-state index < -0.39 is 10.0 Å². The molecule has 28 heavy (non-hydrogen) atoms. The monoisotopic (exact) mass is 432 g/mol. The SMILES string of the molecule is CCN(CC)S(=O)(=O)c1ccc(CCNC(=NC)NCCCOCC(C)C)s1. The van der Waals surface area contributed by atoms with E-state index in [1.165, 1.54) is 15.6 Å². The zero-order chi connectivity index (χ0) is 21.0. The third kappa shape index (κ3) is 8.46. The highest BCUT2D eigenvalue weighted by Gasteiger charge is 2.23. The lowest BCUT2D eigenvalue weighted by atomic mass is 10.2. The summed E-state index contributed by atoms with van der Waals surface area (Å²) in [5, 5.41) is 6.53. The van der Waals surface area contributed by atoms with Gasteiger partial charge < -0.3 is 15.4 Å². The summed E-state index contributed by atoms with van der Waals surface area (Å²) in [6.45, 7) is 12.0. The Hall–Kier alpha value is -1.16. The van der Waals surface area contributed by atoms with Crippen molar-refractivity contribution in [3.63, 3.8) is 0 Å². The van der Waals surface area contributed by atoms with E-state index in [9.17, 15) is 8.42 Å². The summed E-state index contributed by atoms with van der Waals surface area (Å²) in [5.41, 5.74) is 0. The van der Waals surface area contributed by atoms with E-state index in [-0.39, 0.29) is 0 Å². The molecule has 0 aliphatic carbocycles. The van der Waals surface area contributed by atoms with Crippen molar-refractivity contribution in [3.05, 3.63) is 17.0 Å². The molecule has 0 spiro atoms. The van der Waals surface area contributed by atoms with Crippen LogP contribution in [0.1, 0.15) is 39.0 Å². The van der Waals surface area contributed by atoms with Gasteiger partial charge >= 0.3 is 0 Å². The quantitative estimate of drug-likeness (QED) is 0.284. The zero-order valence-electron chi connectivity index (χ0n) is 17.8. The van der Waals surface area contributed by atoms with E-state index in [0.29, 0.717) is 29.8 Å². The van der Waals surface area contributed by atoms with Crippen LogP contribution >= 0.6 is 11.3 Å². The predicted molar refractivity (Wildman–Crippen MR) is 118 cm³/mol. The van der Waals surface area contributed by atoms with Gasteiger partial charge in [0, 0.05) is 51.3 Å². The predicted octanol–water partition coefficient (Wildman–Crippen LogP) is 2.55. The maximum Gasteiger partial charge on any atom is 0.252 e. The van der Waals surface area contributed by atoms with E-state index >= 15 is 0 Å². The first-order chi connectivity index (χ1) is 13.3. The molecule has 1 rings (SSSR count). The highest BCUT2D eigenvalue weighted by molar-refractivity contribution is 7.91. The Morgan fingerprint density at radius 3 is 2.50 bits per heavy atom. The number of ether oxygens (including phenoxy) is 1. The van der Waals surface area contributed by atoms with Gasteiger partial charge in [-0.1, -0.05) is 27.7 Å². The third-order valence-electron chi connectivity index (χ3n) is 4.03. The number of nitrogens with zero attached hydrogens (tertiary/aromatic N) is 2. The summed E-state index contributed by atoms with van der Waals surface area (Å²) >= 11 is 1.34. The van der Waals surface area contributed by atoms with E-state index in [0.717, 1.165) is 43.4 Å². The summed E-state index contributed by atoms with van der Waals surface area (Å²) in [4.78, 5) is 5.25. The number of hydrogen-bond acceptors (Lipinski definition) is 5. The van der Waals surface area contributed by atoms with Crippen LogP contribution in [0.2, 0.25) is 0 Å². The fraction of sp³-hybridized carbons (Fsp3) is 0.737. The number of thiophene rings is 1. The summed E-state index contributed by atoms with van der Waals surface area (Å²) in [6.07, 6.45) is 1.67. The van der Waals surface area contributed by atoms with Gasteiger partial charge in [-0.05, 0) is 30.9 Å². The van der Waals surface area contributed by atoms with Crippen molar-refractivity contribution in [1.82, 2.24) is 14.9 Å². The molecule has 1 aromatic rings. The van der Waals surface area contributed by atoms with Gasteiger partial charge in [0.1, 0.15) is 4.21 Å². The van der Waals surface area contributed by atoms with E-state index in [2.05, 4.69) is 29.5 Å². The van der Waals surface area contributed by atoms with Crippen LogP contribution in [-0.4, -0.2) is 65.1 Å². The van der Waals surface area contributed by atoms with Crippen molar-refractivity contribution in [2.45, 2.75) is 44.7 Å². The summed E-state index contributed by atoms with van der Waals surface area (Å²) in [6, 6.07) is 3.60. The smallest absolute Gasteiger partial charge is 0.252 e. The Balaban J connectivity index is 2.37. The number of hydrogen-bond donors (Lipinski definition) is 2. The average Bonchev–Trinajstić information content (AvgIpc) is 3.13. The second-order valence-electron chi connectivity index (χ2n) is 6.81. The van der Waals surface area contributed by atoms with Crippen molar-refractivity contribution in [3.8, 4) is 0 Å². The minimum Gasteiger partial charge on any atom is -0.381 e. The molecule has 0 fully saturated rings. The molecule has 0 aromatic carbocycles. The van der Waals surface area contributed by atoms with Gasteiger partial charge in [0.25, 0.3) is 10.0 Å². The van der Waals surface area contributed by atoms with Crippen LogP contribution in [0.5, 0.6) is 0 Å². The molecule has 0 amide bonds. The molecule has 0 bridgehead atoms. The van der Waals surface area contributed by atoms with Gasteiger partial charge in [0.2, 0.25) is 0 Å². The lowest BCUT2D eigenvalue weighted by molar-refractivity contribution is 0.108. The standard InChI is InChI=1S/C19H36N4O3S2/c1-6-23(7-2)28(24,25)18-10-9-17(27-18)11-13-22-19(20-5)21-12-8-14-26-15-16(3)4/h9-10,16H,6-8,11-15H2,1-5H3,(H2,20,21,22). The first kappa shape index (κ1) is 24.9. The maximum atomic E-state index is 12.5. The van der Waals surface area contributed by atoms with Crippen LogP contribution in [0.3, 0.4) is 0 Å². The molecule has 9 heteroatoms. The lowest BCUT2D eigenvalue weighted by Gasteiger charge is -2.16. The summed E-state index contributed by atoms with van der Waals surface area (Å²) in [7, 11) is -1.63. The minimum atomic E-state index is -3.37. The maximum absolute atomic E-state index is 12.5. The Bertz CT molecular complexity index is 683. The molecule has 0 saturated heterocycles. The molecule has 0 radical (unpaired) electrons. The van der Waals surface area contributed by atoms with E-state index in [1.54, 1.807) is 13.1 Å². The molecule has 162 valence electrons. The summed E-state index contributed by atoms with van der Waals surface area (Å²) < 4.78 is 32.6. The van der Waals surface area contributed by atoms with Gasteiger partial charge in [0.05, 0.1) is 0 Å². The van der Waals surface area contributed by atoms with Gasteiger partial charge in [-0.15, -0.1) is 11.3 Å². The van der Waals surface area contributed by atoms with Crippen molar-refractivity contribution < 1.29 is 13.2 Å². The largest absolute Gasteiger partial charge is 0.381 e. The minimum absolute atomic E-state index is 0.412. The Morgan fingerprint density at radius 2 is 1.89 bits per heavy atom. The molecule has 0 unspecified atom stereocenters. The molecule has 0 atom stereocenters. The molecule has 2 N–H and O–H groups in total. The molecule has 7 nitrogen and oxygen atoms in total. The molecule has 1 aromatic heterocycles. The zero-order valence-corrected chi connectivity index (χ0v) is 19.5. The second-order valence-corrected chi connectivity index (χ2v) is 10.1. The van der Waals surface area contributed by atoms with Gasteiger partial charge in [-0.2, -0.15) is 4.31 Å². The number of aliphatic imine (C=N–C) groups is 1. The number of guanidine groups is 1. The van der Waals surface area contributed by atoms with Crippen molar-refractivity contribution >= 4 is 27.3 Å². The lowest BCUT2D eigenvalue weighted by Crippen LogP contribution is -2.38. The fourth-order valence-electron chi connectivity index (χ4n) is 2.55. The topological polar surface area (TPSA) is 83.0 Å². The highest BCUT2D eigenvalue weighted by atomic mass is 32.2. The second kappa shape index (κ2) is 13.1. The Labute approximate surface area is 174 Å². The fourth-order valence-corrected chi connectivity index (χ4v) is 5.51. The number of nitrogens with one attached hydrogen (secondary N) is 2. The van der Waals surface area contributed by atoms with Crippen LogP contribution in [0.15, 0.2) is 21.3 Å². The van der Waals surface area contributed by atoms with Crippen LogP contribution in [0.4, 0.5) is 0 Å². The van der Waals surface area contributed by atoms with Crippen LogP contribution in [0.25, 0.3) is 0 Å².